The second-order valence-corrected chi connectivity index (χ2v) is 4.87. The van der Waals surface area contributed by atoms with Gasteiger partial charge in [-0.3, -0.25) is 0 Å². The number of halogens is 1. The molecule has 0 unspecified atom stereocenters. The predicted molar refractivity (Wildman–Crippen MR) is 86.6 cm³/mol. The number of hydrogen-bond donors (Lipinski definition) is 1. The molecular formula is C14H18AlClNP. The second kappa shape index (κ2) is 9.57. The fourth-order valence-electron chi connectivity index (χ4n) is 1.51. The fourth-order valence-corrected chi connectivity index (χ4v) is 2.59. The number of benzene rings is 2. The molecule has 4 radical (unpaired) electrons. The molecule has 94 valence electrons. The van der Waals surface area contributed by atoms with E-state index >= 15 is 0 Å². The normalized spacial score (nSPS) is 8.56. The van der Waals surface area contributed by atoms with Gasteiger partial charge in [0.1, 0.15) is 0 Å². The molecule has 4 heteroatoms. The van der Waals surface area contributed by atoms with Crippen LogP contribution >= 0.6 is 21.0 Å². The summed E-state index contributed by atoms with van der Waals surface area (Å²) in [5, 5.41) is 2.79. The minimum atomic E-state index is 0. The Balaban J connectivity index is 0. The molecule has 0 bridgehead atoms. The fraction of sp³-hybridized carbons (Fsp3) is 0.143. The molecule has 0 saturated heterocycles. The van der Waals surface area contributed by atoms with Gasteiger partial charge in [0, 0.05) is 17.4 Å². The minimum Gasteiger partial charge on any atom is -0.344 e. The molecule has 2 rings (SSSR count). The van der Waals surface area contributed by atoms with E-state index in [0.717, 1.165) is 0 Å². The Bertz CT molecular complexity index is 433. The SMILES string of the molecule is Cc1ccccc1[P]c1ccccc1C.Cl.N.[Al]. The molecule has 0 spiro atoms. The lowest BCUT2D eigenvalue weighted by atomic mass is 10.2. The van der Waals surface area contributed by atoms with Crippen LogP contribution in [-0.2, 0) is 0 Å². The summed E-state index contributed by atoms with van der Waals surface area (Å²) in [6.45, 7) is 4.33. The van der Waals surface area contributed by atoms with E-state index < -0.39 is 0 Å². The Morgan fingerprint density at radius 2 is 1.06 bits per heavy atom. The van der Waals surface area contributed by atoms with Gasteiger partial charge in [0.15, 0.2) is 0 Å². The Morgan fingerprint density at radius 3 is 1.39 bits per heavy atom. The van der Waals surface area contributed by atoms with E-state index in [4.69, 9.17) is 0 Å². The van der Waals surface area contributed by atoms with Crippen molar-refractivity contribution in [1.82, 2.24) is 6.15 Å². The molecule has 0 aliphatic heterocycles. The molecule has 0 aromatic heterocycles. The average molecular weight is 294 g/mol. The van der Waals surface area contributed by atoms with Crippen LogP contribution in [0.3, 0.4) is 0 Å². The van der Waals surface area contributed by atoms with Crippen LogP contribution in [0.5, 0.6) is 0 Å². The third kappa shape index (κ3) is 5.11. The Labute approximate surface area is 128 Å². The van der Waals surface area contributed by atoms with Gasteiger partial charge in [-0.1, -0.05) is 48.5 Å². The number of aryl methyl sites for hydroxylation is 2. The van der Waals surface area contributed by atoms with Gasteiger partial charge >= 0.3 is 0 Å². The minimum absolute atomic E-state index is 0. The third-order valence-electron chi connectivity index (χ3n) is 2.47. The predicted octanol–water partition coefficient (Wildman–Crippen LogP) is 3.40. The van der Waals surface area contributed by atoms with Gasteiger partial charge in [-0.2, -0.15) is 0 Å². The lowest BCUT2D eigenvalue weighted by Crippen LogP contribution is -2.08. The molecule has 3 N–H and O–H groups in total. The zero-order chi connectivity index (χ0) is 10.7. The molecule has 0 saturated carbocycles. The van der Waals surface area contributed by atoms with Gasteiger partial charge in [0.05, 0.1) is 0 Å². The number of rotatable bonds is 2. The van der Waals surface area contributed by atoms with Crippen molar-refractivity contribution in [2.45, 2.75) is 13.8 Å². The molecule has 2 aromatic rings. The van der Waals surface area contributed by atoms with Crippen LogP contribution in [0.25, 0.3) is 0 Å². The highest BCUT2D eigenvalue weighted by Crippen LogP contribution is 2.15. The lowest BCUT2D eigenvalue weighted by molar-refractivity contribution is 1.51. The molecule has 18 heavy (non-hydrogen) atoms. The molecule has 0 aliphatic rings. The molecule has 0 atom stereocenters. The van der Waals surface area contributed by atoms with Crippen LogP contribution in [0.2, 0.25) is 0 Å². The van der Waals surface area contributed by atoms with Crippen molar-refractivity contribution in [1.29, 1.82) is 0 Å². The van der Waals surface area contributed by atoms with Crippen LogP contribution in [0.1, 0.15) is 11.1 Å². The monoisotopic (exact) mass is 293 g/mol. The van der Waals surface area contributed by atoms with E-state index in [-0.39, 0.29) is 35.9 Å². The van der Waals surface area contributed by atoms with Crippen LogP contribution in [0, 0.1) is 13.8 Å². The van der Waals surface area contributed by atoms with E-state index in [1.54, 1.807) is 0 Å². The zero-order valence-electron chi connectivity index (χ0n) is 10.8. The van der Waals surface area contributed by atoms with Crippen LogP contribution in [0.15, 0.2) is 48.5 Å². The summed E-state index contributed by atoms with van der Waals surface area (Å²) in [6.07, 6.45) is 0. The smallest absolute Gasteiger partial charge is 0 e. The standard InChI is InChI=1S/C14H14P.Al.ClH.H3N/c1-11-7-3-5-9-13(11)15-14-10-6-4-8-12(14)2;;;/h3-10H,1-2H3;;1H;1H3. The Hall–Kier alpha value is -0.348. The Morgan fingerprint density at radius 1 is 0.722 bits per heavy atom. The van der Waals surface area contributed by atoms with E-state index in [1.165, 1.54) is 30.3 Å². The van der Waals surface area contributed by atoms with Crippen LogP contribution in [-0.4, -0.2) is 17.4 Å². The van der Waals surface area contributed by atoms with Crippen LogP contribution < -0.4 is 16.8 Å². The average Bonchev–Trinajstić information content (AvgIpc) is 2.24. The van der Waals surface area contributed by atoms with Crippen molar-refractivity contribution < 1.29 is 0 Å². The van der Waals surface area contributed by atoms with Crippen molar-refractivity contribution in [3.63, 3.8) is 0 Å². The molecule has 0 aliphatic carbocycles. The summed E-state index contributed by atoms with van der Waals surface area (Å²) in [6, 6.07) is 17.1. The maximum Gasteiger partial charge on any atom is 0 e. The van der Waals surface area contributed by atoms with Gasteiger partial charge in [0.2, 0.25) is 0 Å². The van der Waals surface area contributed by atoms with Crippen molar-refractivity contribution in [2.24, 2.45) is 0 Å². The Kier molecular flexibility index (Phi) is 10.6. The highest BCUT2D eigenvalue weighted by molar-refractivity contribution is 7.55. The summed E-state index contributed by atoms with van der Waals surface area (Å²) in [5.74, 6) is 0. The van der Waals surface area contributed by atoms with Crippen LogP contribution in [0.4, 0.5) is 0 Å². The maximum absolute atomic E-state index is 2.20. The van der Waals surface area contributed by atoms with E-state index in [1.807, 2.05) is 0 Å². The van der Waals surface area contributed by atoms with Gasteiger partial charge < -0.3 is 6.15 Å². The summed E-state index contributed by atoms with van der Waals surface area (Å²) < 4.78 is 0. The highest BCUT2D eigenvalue weighted by Gasteiger charge is 2.02. The zero-order valence-corrected chi connectivity index (χ0v) is 13.6. The summed E-state index contributed by atoms with van der Waals surface area (Å²) in [4.78, 5) is 0. The summed E-state index contributed by atoms with van der Waals surface area (Å²) in [7, 11) is 1.31. The largest absolute Gasteiger partial charge is 0.344 e. The van der Waals surface area contributed by atoms with Crippen molar-refractivity contribution in [3.8, 4) is 0 Å². The molecule has 0 amide bonds. The molecule has 2 aromatic carbocycles. The number of hydrogen-bond acceptors (Lipinski definition) is 1. The van der Waals surface area contributed by atoms with Gasteiger partial charge in [-0.15, -0.1) is 12.4 Å². The third-order valence-corrected chi connectivity index (χ3v) is 3.96. The highest BCUT2D eigenvalue weighted by atomic mass is 35.5. The first-order valence-electron chi connectivity index (χ1n) is 5.10. The van der Waals surface area contributed by atoms with Crippen molar-refractivity contribution in [2.75, 3.05) is 0 Å². The van der Waals surface area contributed by atoms with E-state index in [2.05, 4.69) is 62.4 Å². The van der Waals surface area contributed by atoms with E-state index in [9.17, 15) is 0 Å². The first-order chi connectivity index (χ1) is 7.27. The molecule has 0 fully saturated rings. The van der Waals surface area contributed by atoms with Gasteiger partial charge in [-0.05, 0) is 44.2 Å². The first-order valence-corrected chi connectivity index (χ1v) is 6.00. The lowest BCUT2D eigenvalue weighted by Gasteiger charge is -2.06. The molecule has 0 heterocycles. The summed E-state index contributed by atoms with van der Waals surface area (Å²) >= 11 is 0. The van der Waals surface area contributed by atoms with Gasteiger partial charge in [-0.25, -0.2) is 0 Å². The van der Waals surface area contributed by atoms with Crippen molar-refractivity contribution in [3.05, 3.63) is 59.7 Å². The van der Waals surface area contributed by atoms with Crippen molar-refractivity contribution >= 4 is 49.0 Å². The maximum atomic E-state index is 2.20. The van der Waals surface area contributed by atoms with Gasteiger partial charge in [0.25, 0.3) is 0 Å². The molecule has 1 nitrogen and oxygen atoms in total. The summed E-state index contributed by atoms with van der Waals surface area (Å²) in [5.41, 5.74) is 2.73. The van der Waals surface area contributed by atoms with E-state index in [0.29, 0.717) is 0 Å². The first kappa shape index (κ1) is 20.0. The quantitative estimate of drug-likeness (QED) is 0.668. The second-order valence-electron chi connectivity index (χ2n) is 3.68. The molecular weight excluding hydrogens is 276 g/mol. The topological polar surface area (TPSA) is 35.0 Å².